The van der Waals surface area contributed by atoms with Crippen LogP contribution < -0.4 is 15.0 Å². The zero-order valence-corrected chi connectivity index (χ0v) is 11.2. The molecule has 1 N–H and O–H groups in total. The zero-order chi connectivity index (χ0) is 12.7. The number of pyridine rings is 1. The lowest BCUT2D eigenvalue weighted by Gasteiger charge is -2.28. The van der Waals surface area contributed by atoms with Crippen LogP contribution in [0.15, 0.2) is 18.5 Å². The third-order valence-electron chi connectivity index (χ3n) is 4.83. The quantitative estimate of drug-likeness (QED) is 0.897. The second-order valence-corrected chi connectivity index (χ2v) is 6.00. The Balaban J connectivity index is 1.47. The van der Waals surface area contributed by atoms with Gasteiger partial charge in [0.15, 0.2) is 0 Å². The smallest absolute Gasteiger partial charge is 0.139 e. The molecule has 19 heavy (non-hydrogen) atoms. The minimum Gasteiger partial charge on any atom is -0.490 e. The molecule has 4 nitrogen and oxygen atoms in total. The molecule has 0 radical (unpaired) electrons. The van der Waals surface area contributed by atoms with Crippen molar-refractivity contribution in [2.24, 2.45) is 0 Å². The van der Waals surface area contributed by atoms with Gasteiger partial charge in [-0.3, -0.25) is 4.98 Å². The monoisotopic (exact) mass is 259 g/mol. The van der Waals surface area contributed by atoms with E-state index in [1.807, 2.05) is 12.4 Å². The first-order chi connectivity index (χ1) is 9.40. The third kappa shape index (κ3) is 2.08. The summed E-state index contributed by atoms with van der Waals surface area (Å²) in [4.78, 5) is 6.93. The van der Waals surface area contributed by atoms with Gasteiger partial charge in [0.2, 0.25) is 0 Å². The molecule has 4 heterocycles. The minimum atomic E-state index is 0.534. The molecule has 4 rings (SSSR count). The second-order valence-electron chi connectivity index (χ2n) is 6.00. The van der Waals surface area contributed by atoms with Gasteiger partial charge in [-0.05, 0) is 38.6 Å². The molecule has 1 aromatic rings. The molecule has 0 aromatic carbocycles. The highest BCUT2D eigenvalue weighted by Crippen LogP contribution is 2.41. The summed E-state index contributed by atoms with van der Waals surface area (Å²) in [6.07, 6.45) is 10.4. The number of hydrogen-bond acceptors (Lipinski definition) is 4. The normalized spacial score (nSPS) is 32.4. The number of rotatable bonds is 4. The predicted molar refractivity (Wildman–Crippen MR) is 74.7 cm³/mol. The van der Waals surface area contributed by atoms with Crippen LogP contribution in [0.25, 0.3) is 0 Å². The third-order valence-corrected chi connectivity index (χ3v) is 4.83. The van der Waals surface area contributed by atoms with Crippen LogP contribution in [0, 0.1) is 0 Å². The summed E-state index contributed by atoms with van der Waals surface area (Å²) in [6.45, 7) is 1.89. The molecule has 4 heteroatoms. The van der Waals surface area contributed by atoms with Gasteiger partial charge < -0.3 is 15.0 Å². The van der Waals surface area contributed by atoms with Crippen LogP contribution in [0.4, 0.5) is 5.69 Å². The maximum Gasteiger partial charge on any atom is 0.139 e. The van der Waals surface area contributed by atoms with E-state index in [1.54, 1.807) is 0 Å². The molecule has 0 aliphatic carbocycles. The summed E-state index contributed by atoms with van der Waals surface area (Å²) in [5.41, 5.74) is 1.25. The van der Waals surface area contributed by atoms with E-state index in [4.69, 9.17) is 4.74 Å². The first kappa shape index (κ1) is 11.5. The van der Waals surface area contributed by atoms with E-state index in [-0.39, 0.29) is 0 Å². The predicted octanol–water partition coefficient (Wildman–Crippen LogP) is 1.95. The average molecular weight is 259 g/mol. The first-order valence-electron chi connectivity index (χ1n) is 7.50. The molecular weight excluding hydrogens is 238 g/mol. The zero-order valence-electron chi connectivity index (χ0n) is 11.2. The Morgan fingerprint density at radius 2 is 1.89 bits per heavy atom. The van der Waals surface area contributed by atoms with Gasteiger partial charge in [0.1, 0.15) is 12.4 Å². The summed E-state index contributed by atoms with van der Waals surface area (Å²) in [6, 6.07) is 4.19. The lowest BCUT2D eigenvalue weighted by molar-refractivity contribution is 0.217. The SMILES string of the molecule is c1ncc(N2C3CCC2CC3)cc1OC[C@@H]1CCN1. The molecule has 1 aromatic heterocycles. The van der Waals surface area contributed by atoms with Crippen LogP contribution in [0.5, 0.6) is 5.75 Å². The van der Waals surface area contributed by atoms with E-state index in [9.17, 15) is 0 Å². The van der Waals surface area contributed by atoms with Gasteiger partial charge >= 0.3 is 0 Å². The Morgan fingerprint density at radius 3 is 2.53 bits per heavy atom. The van der Waals surface area contributed by atoms with Crippen LogP contribution in [-0.2, 0) is 0 Å². The highest BCUT2D eigenvalue weighted by atomic mass is 16.5. The van der Waals surface area contributed by atoms with Crippen molar-refractivity contribution in [1.29, 1.82) is 0 Å². The standard InChI is InChI=1S/C15H21N3O/c1-2-13-4-3-12(1)18(13)14-7-15(9-16-8-14)19-10-11-5-6-17-11/h7-9,11-13,17H,1-6,10H2/t11-,12?,13?/m0/s1. The second kappa shape index (κ2) is 4.67. The molecule has 102 valence electrons. The van der Waals surface area contributed by atoms with Gasteiger partial charge in [-0.15, -0.1) is 0 Å². The van der Waals surface area contributed by atoms with Gasteiger partial charge in [-0.25, -0.2) is 0 Å². The van der Waals surface area contributed by atoms with Crippen molar-refractivity contribution in [3.63, 3.8) is 0 Å². The molecule has 3 saturated heterocycles. The van der Waals surface area contributed by atoms with Crippen molar-refractivity contribution in [3.8, 4) is 5.75 Å². The van der Waals surface area contributed by atoms with E-state index < -0.39 is 0 Å². The Hall–Kier alpha value is -1.29. The lowest BCUT2D eigenvalue weighted by Crippen LogP contribution is -2.46. The van der Waals surface area contributed by atoms with Gasteiger partial charge in [0.05, 0.1) is 18.1 Å². The van der Waals surface area contributed by atoms with Crippen LogP contribution in [0.3, 0.4) is 0 Å². The molecule has 0 spiro atoms. The fraction of sp³-hybridized carbons (Fsp3) is 0.667. The van der Waals surface area contributed by atoms with Gasteiger partial charge in [-0.2, -0.15) is 0 Å². The Labute approximate surface area is 114 Å². The molecule has 3 aliphatic heterocycles. The molecule has 0 amide bonds. The molecule has 0 unspecified atom stereocenters. The summed E-state index contributed by atoms with van der Waals surface area (Å²) in [7, 11) is 0. The number of nitrogens with one attached hydrogen (secondary N) is 1. The lowest BCUT2D eigenvalue weighted by atomic mass is 10.0. The molecule has 3 aliphatic rings. The Bertz CT molecular complexity index is 440. The summed E-state index contributed by atoms with van der Waals surface area (Å²) >= 11 is 0. The van der Waals surface area contributed by atoms with E-state index in [1.165, 1.54) is 37.8 Å². The average Bonchev–Trinajstić information content (AvgIpc) is 2.97. The molecule has 0 saturated carbocycles. The van der Waals surface area contributed by atoms with Crippen LogP contribution in [0.2, 0.25) is 0 Å². The number of aromatic nitrogens is 1. The summed E-state index contributed by atoms with van der Waals surface area (Å²) in [5, 5.41) is 3.35. The van der Waals surface area contributed by atoms with Crippen LogP contribution in [0.1, 0.15) is 32.1 Å². The first-order valence-corrected chi connectivity index (χ1v) is 7.50. The van der Waals surface area contributed by atoms with Gasteiger partial charge in [0, 0.05) is 24.2 Å². The maximum atomic E-state index is 5.85. The van der Waals surface area contributed by atoms with Gasteiger partial charge in [0.25, 0.3) is 0 Å². The van der Waals surface area contributed by atoms with Crippen molar-refractivity contribution in [2.45, 2.75) is 50.2 Å². The van der Waals surface area contributed by atoms with Crippen LogP contribution in [-0.4, -0.2) is 36.3 Å². The van der Waals surface area contributed by atoms with E-state index in [0.717, 1.165) is 31.0 Å². The highest BCUT2D eigenvalue weighted by Gasteiger charge is 2.39. The molecular formula is C15H21N3O. The fourth-order valence-electron chi connectivity index (χ4n) is 3.65. The Morgan fingerprint density at radius 1 is 1.16 bits per heavy atom. The van der Waals surface area contributed by atoms with E-state index >= 15 is 0 Å². The molecule has 3 fully saturated rings. The van der Waals surface area contributed by atoms with Crippen molar-refractivity contribution < 1.29 is 4.74 Å². The van der Waals surface area contributed by atoms with E-state index in [2.05, 4.69) is 21.3 Å². The molecule has 2 bridgehead atoms. The number of ether oxygens (including phenoxy) is 1. The van der Waals surface area contributed by atoms with Crippen molar-refractivity contribution >= 4 is 5.69 Å². The Kier molecular flexibility index (Phi) is 2.84. The number of anilines is 1. The molecule has 1 atom stereocenters. The van der Waals surface area contributed by atoms with Crippen molar-refractivity contribution in [3.05, 3.63) is 18.5 Å². The highest BCUT2D eigenvalue weighted by molar-refractivity contribution is 5.52. The van der Waals surface area contributed by atoms with Crippen molar-refractivity contribution in [2.75, 3.05) is 18.1 Å². The van der Waals surface area contributed by atoms with Crippen LogP contribution >= 0.6 is 0 Å². The number of hydrogen-bond donors (Lipinski definition) is 1. The number of nitrogens with zero attached hydrogens (tertiary/aromatic N) is 2. The number of fused-ring (bicyclic) bond motifs is 2. The topological polar surface area (TPSA) is 37.4 Å². The summed E-state index contributed by atoms with van der Waals surface area (Å²) in [5.74, 6) is 0.914. The minimum absolute atomic E-state index is 0.534. The van der Waals surface area contributed by atoms with E-state index in [0.29, 0.717) is 6.04 Å². The fourth-order valence-corrected chi connectivity index (χ4v) is 3.65. The van der Waals surface area contributed by atoms with Gasteiger partial charge in [-0.1, -0.05) is 0 Å². The largest absolute Gasteiger partial charge is 0.490 e. The maximum absolute atomic E-state index is 5.85. The van der Waals surface area contributed by atoms with Crippen molar-refractivity contribution in [1.82, 2.24) is 10.3 Å². The summed E-state index contributed by atoms with van der Waals surface area (Å²) < 4.78 is 5.85.